The Labute approximate surface area is 129 Å². The van der Waals surface area contributed by atoms with Crippen molar-refractivity contribution in [3.8, 4) is 11.5 Å². The van der Waals surface area contributed by atoms with Crippen molar-refractivity contribution < 1.29 is 14.3 Å². The van der Waals surface area contributed by atoms with Gasteiger partial charge in [0.25, 0.3) is 0 Å². The lowest BCUT2D eigenvalue weighted by molar-refractivity contribution is -0.123. The molecule has 2 aromatic rings. The SMILES string of the molecule is Cc1ccn(CC(=O)N[C@@H](C)[C@H]2COc3ccccc3O2)n1. The third kappa shape index (κ3) is 3.21. The molecule has 116 valence electrons. The van der Waals surface area contributed by atoms with Crippen molar-refractivity contribution in [2.75, 3.05) is 6.61 Å². The first kappa shape index (κ1) is 14.4. The van der Waals surface area contributed by atoms with Crippen molar-refractivity contribution >= 4 is 5.91 Å². The number of para-hydroxylation sites is 2. The highest BCUT2D eigenvalue weighted by atomic mass is 16.6. The van der Waals surface area contributed by atoms with Gasteiger partial charge in [-0.05, 0) is 32.0 Å². The zero-order valence-corrected chi connectivity index (χ0v) is 12.7. The second-order valence-electron chi connectivity index (χ2n) is 5.42. The summed E-state index contributed by atoms with van der Waals surface area (Å²) in [4.78, 5) is 12.1. The van der Waals surface area contributed by atoms with E-state index in [-0.39, 0.29) is 24.6 Å². The third-order valence-electron chi connectivity index (χ3n) is 3.56. The molecule has 1 amide bonds. The molecule has 22 heavy (non-hydrogen) atoms. The zero-order chi connectivity index (χ0) is 15.5. The maximum atomic E-state index is 12.1. The zero-order valence-electron chi connectivity index (χ0n) is 12.7. The fourth-order valence-corrected chi connectivity index (χ4v) is 2.37. The van der Waals surface area contributed by atoms with Crippen LogP contribution in [-0.2, 0) is 11.3 Å². The molecule has 1 aliphatic heterocycles. The number of aryl methyl sites for hydroxylation is 1. The predicted octanol–water partition coefficient (Wildman–Crippen LogP) is 1.54. The molecule has 0 aliphatic carbocycles. The van der Waals surface area contributed by atoms with Gasteiger partial charge >= 0.3 is 0 Å². The van der Waals surface area contributed by atoms with Gasteiger partial charge in [0.2, 0.25) is 5.91 Å². The van der Waals surface area contributed by atoms with Crippen LogP contribution in [0.2, 0.25) is 0 Å². The van der Waals surface area contributed by atoms with Crippen LogP contribution >= 0.6 is 0 Å². The van der Waals surface area contributed by atoms with Crippen molar-refractivity contribution in [3.63, 3.8) is 0 Å². The molecule has 3 rings (SSSR count). The van der Waals surface area contributed by atoms with E-state index in [0.29, 0.717) is 12.4 Å². The number of carbonyl (C=O) groups excluding carboxylic acids is 1. The Hall–Kier alpha value is -2.50. The van der Waals surface area contributed by atoms with E-state index in [0.717, 1.165) is 11.4 Å². The number of fused-ring (bicyclic) bond motifs is 1. The first-order valence-corrected chi connectivity index (χ1v) is 7.30. The van der Waals surface area contributed by atoms with Gasteiger partial charge in [0.05, 0.1) is 11.7 Å². The standard InChI is InChI=1S/C16H19N3O3/c1-11-7-8-19(18-11)9-16(20)17-12(2)15-10-21-13-5-3-4-6-14(13)22-15/h3-8,12,15H,9-10H2,1-2H3,(H,17,20)/t12-,15+/m0/s1. The average molecular weight is 301 g/mol. The average Bonchev–Trinajstić information content (AvgIpc) is 2.91. The molecule has 0 fully saturated rings. The Morgan fingerprint density at radius 1 is 1.41 bits per heavy atom. The molecule has 1 N–H and O–H groups in total. The van der Waals surface area contributed by atoms with Crippen LogP contribution in [0.5, 0.6) is 11.5 Å². The number of nitrogens with one attached hydrogen (secondary N) is 1. The van der Waals surface area contributed by atoms with E-state index in [1.54, 1.807) is 10.9 Å². The summed E-state index contributed by atoms with van der Waals surface area (Å²) in [5.41, 5.74) is 0.890. The highest BCUT2D eigenvalue weighted by Crippen LogP contribution is 2.31. The molecular formula is C16H19N3O3. The highest BCUT2D eigenvalue weighted by molar-refractivity contribution is 5.76. The van der Waals surface area contributed by atoms with Gasteiger partial charge in [-0.15, -0.1) is 0 Å². The maximum absolute atomic E-state index is 12.1. The van der Waals surface area contributed by atoms with E-state index in [1.165, 1.54) is 0 Å². The number of rotatable bonds is 4. The van der Waals surface area contributed by atoms with Gasteiger partial charge in [0, 0.05) is 6.20 Å². The number of aromatic nitrogens is 2. The molecule has 0 spiro atoms. The third-order valence-corrected chi connectivity index (χ3v) is 3.56. The smallest absolute Gasteiger partial charge is 0.242 e. The van der Waals surface area contributed by atoms with Gasteiger partial charge in [0.1, 0.15) is 13.2 Å². The van der Waals surface area contributed by atoms with Crippen LogP contribution in [0.25, 0.3) is 0 Å². The van der Waals surface area contributed by atoms with Crippen LogP contribution in [0.15, 0.2) is 36.5 Å². The monoisotopic (exact) mass is 301 g/mol. The molecule has 0 unspecified atom stereocenters. The largest absolute Gasteiger partial charge is 0.486 e. The fraction of sp³-hybridized carbons (Fsp3) is 0.375. The number of ether oxygens (including phenoxy) is 2. The number of benzene rings is 1. The number of carbonyl (C=O) groups is 1. The van der Waals surface area contributed by atoms with Crippen LogP contribution in [0, 0.1) is 6.92 Å². The van der Waals surface area contributed by atoms with Crippen LogP contribution in [0.1, 0.15) is 12.6 Å². The van der Waals surface area contributed by atoms with Gasteiger partial charge in [0.15, 0.2) is 17.6 Å². The van der Waals surface area contributed by atoms with E-state index in [4.69, 9.17) is 9.47 Å². The Kier molecular flexibility index (Phi) is 4.00. The number of hydrogen-bond acceptors (Lipinski definition) is 4. The molecule has 1 aromatic carbocycles. The molecule has 6 nitrogen and oxygen atoms in total. The van der Waals surface area contributed by atoms with Crippen LogP contribution < -0.4 is 14.8 Å². The van der Waals surface area contributed by atoms with Gasteiger partial charge in [-0.2, -0.15) is 5.10 Å². The van der Waals surface area contributed by atoms with Crippen molar-refractivity contribution in [1.29, 1.82) is 0 Å². The van der Waals surface area contributed by atoms with Crippen molar-refractivity contribution in [3.05, 3.63) is 42.2 Å². The Bertz CT molecular complexity index is 668. The lowest BCUT2D eigenvalue weighted by Crippen LogP contribution is -2.48. The Balaban J connectivity index is 1.56. The molecule has 1 aromatic heterocycles. The summed E-state index contributed by atoms with van der Waals surface area (Å²) in [6.07, 6.45) is 1.58. The second-order valence-corrected chi connectivity index (χ2v) is 5.42. The minimum atomic E-state index is -0.210. The predicted molar refractivity (Wildman–Crippen MR) is 80.9 cm³/mol. The summed E-state index contributed by atoms with van der Waals surface area (Å²) in [6.45, 7) is 4.41. The first-order chi connectivity index (χ1) is 10.6. The fourth-order valence-electron chi connectivity index (χ4n) is 2.37. The molecule has 1 aliphatic rings. The van der Waals surface area contributed by atoms with Crippen LogP contribution in [0.3, 0.4) is 0 Å². The molecule has 0 radical (unpaired) electrons. The normalized spacial score (nSPS) is 17.8. The van der Waals surface area contributed by atoms with E-state index in [1.807, 2.05) is 44.2 Å². The second kappa shape index (κ2) is 6.09. The van der Waals surface area contributed by atoms with E-state index in [9.17, 15) is 4.79 Å². The highest BCUT2D eigenvalue weighted by Gasteiger charge is 2.27. The lowest BCUT2D eigenvalue weighted by atomic mass is 10.1. The summed E-state index contributed by atoms with van der Waals surface area (Å²) in [6, 6.07) is 9.24. The number of hydrogen-bond donors (Lipinski definition) is 1. The quantitative estimate of drug-likeness (QED) is 0.930. The minimum Gasteiger partial charge on any atom is -0.486 e. The molecule has 0 saturated carbocycles. The summed E-state index contributed by atoms with van der Waals surface area (Å²) in [5, 5.41) is 7.13. The molecule has 0 saturated heterocycles. The molecule has 0 bridgehead atoms. The van der Waals surface area contributed by atoms with Gasteiger partial charge in [-0.25, -0.2) is 0 Å². The van der Waals surface area contributed by atoms with E-state index >= 15 is 0 Å². The van der Waals surface area contributed by atoms with Crippen molar-refractivity contribution in [2.45, 2.75) is 32.5 Å². The van der Waals surface area contributed by atoms with Gasteiger partial charge in [-0.1, -0.05) is 12.1 Å². The topological polar surface area (TPSA) is 65.4 Å². The van der Waals surface area contributed by atoms with Crippen molar-refractivity contribution in [2.24, 2.45) is 0 Å². The summed E-state index contributed by atoms with van der Waals surface area (Å²) >= 11 is 0. The Morgan fingerprint density at radius 3 is 2.91 bits per heavy atom. The van der Waals surface area contributed by atoms with Gasteiger partial charge in [-0.3, -0.25) is 9.48 Å². The summed E-state index contributed by atoms with van der Waals surface area (Å²) in [5.74, 6) is 1.35. The maximum Gasteiger partial charge on any atom is 0.242 e. The molecule has 6 heteroatoms. The first-order valence-electron chi connectivity index (χ1n) is 7.30. The van der Waals surface area contributed by atoms with E-state index in [2.05, 4.69) is 10.4 Å². The number of nitrogens with zero attached hydrogens (tertiary/aromatic N) is 2. The molecule has 2 atom stereocenters. The molecular weight excluding hydrogens is 282 g/mol. The van der Waals surface area contributed by atoms with Gasteiger partial charge < -0.3 is 14.8 Å². The number of amides is 1. The summed E-state index contributed by atoms with van der Waals surface area (Å²) in [7, 11) is 0. The Morgan fingerprint density at radius 2 is 2.18 bits per heavy atom. The van der Waals surface area contributed by atoms with Crippen molar-refractivity contribution in [1.82, 2.24) is 15.1 Å². The lowest BCUT2D eigenvalue weighted by Gasteiger charge is -2.30. The van der Waals surface area contributed by atoms with Crippen LogP contribution in [-0.4, -0.2) is 34.4 Å². The molecule has 2 heterocycles. The van der Waals surface area contributed by atoms with Crippen LogP contribution in [0.4, 0.5) is 0 Å². The summed E-state index contributed by atoms with van der Waals surface area (Å²) < 4.78 is 13.2. The minimum absolute atomic E-state index is 0.0990. The van der Waals surface area contributed by atoms with E-state index < -0.39 is 0 Å².